The van der Waals surface area contributed by atoms with Crippen molar-refractivity contribution in [2.75, 3.05) is 11.1 Å². The van der Waals surface area contributed by atoms with E-state index in [4.69, 9.17) is 28.9 Å². The van der Waals surface area contributed by atoms with Gasteiger partial charge in [0.05, 0.1) is 22.1 Å². The molecule has 2 aromatic carbocycles. The number of hydrogen-bond acceptors (Lipinski definition) is 2. The van der Waals surface area contributed by atoms with Gasteiger partial charge in [0.2, 0.25) is 0 Å². The minimum absolute atomic E-state index is 0.307. The van der Waals surface area contributed by atoms with E-state index in [1.165, 1.54) is 12.1 Å². The molecule has 0 fully saturated rings. The van der Waals surface area contributed by atoms with Gasteiger partial charge in [-0.2, -0.15) is 0 Å². The van der Waals surface area contributed by atoms with Gasteiger partial charge in [0.25, 0.3) is 0 Å². The van der Waals surface area contributed by atoms with Gasteiger partial charge < -0.3 is 11.1 Å². The Morgan fingerprint density at radius 3 is 2.47 bits per heavy atom. The highest BCUT2D eigenvalue weighted by Gasteiger charge is 2.05. The molecule has 2 nitrogen and oxygen atoms in total. The molecule has 0 heterocycles. The second kappa shape index (κ2) is 4.82. The van der Waals surface area contributed by atoms with E-state index in [1.807, 2.05) is 0 Å². The molecule has 0 aliphatic heterocycles. The molecular formula is C12H9Cl2FN2. The summed E-state index contributed by atoms with van der Waals surface area (Å²) < 4.78 is 12.9. The van der Waals surface area contributed by atoms with Crippen molar-refractivity contribution in [1.82, 2.24) is 0 Å². The van der Waals surface area contributed by atoms with Crippen LogP contribution < -0.4 is 11.1 Å². The minimum atomic E-state index is -0.384. The molecule has 0 atom stereocenters. The van der Waals surface area contributed by atoms with Crippen LogP contribution in [0, 0.1) is 5.82 Å². The fourth-order valence-corrected chi connectivity index (χ4v) is 1.72. The third-order valence-corrected chi connectivity index (χ3v) is 2.78. The van der Waals surface area contributed by atoms with E-state index in [1.54, 1.807) is 24.3 Å². The summed E-state index contributed by atoms with van der Waals surface area (Å²) in [6, 6.07) is 9.13. The van der Waals surface area contributed by atoms with E-state index in [0.717, 1.165) is 0 Å². The first-order valence-corrected chi connectivity index (χ1v) is 5.59. The maximum Gasteiger partial charge on any atom is 0.125 e. The number of rotatable bonds is 2. The lowest BCUT2D eigenvalue weighted by Gasteiger charge is -2.11. The highest BCUT2D eigenvalue weighted by molar-refractivity contribution is 6.35. The van der Waals surface area contributed by atoms with Crippen molar-refractivity contribution in [1.29, 1.82) is 0 Å². The second-order valence-corrected chi connectivity index (χ2v) is 4.32. The topological polar surface area (TPSA) is 38.0 Å². The molecule has 88 valence electrons. The molecular weight excluding hydrogens is 262 g/mol. The van der Waals surface area contributed by atoms with Crippen LogP contribution >= 0.6 is 23.2 Å². The summed E-state index contributed by atoms with van der Waals surface area (Å²) in [7, 11) is 0. The van der Waals surface area contributed by atoms with Crippen LogP contribution in [0.1, 0.15) is 0 Å². The number of nitrogens with one attached hydrogen (secondary N) is 1. The molecule has 3 N–H and O–H groups in total. The summed E-state index contributed by atoms with van der Waals surface area (Å²) >= 11 is 11.9. The van der Waals surface area contributed by atoms with Crippen LogP contribution in [0.15, 0.2) is 36.4 Å². The Morgan fingerprint density at radius 2 is 1.76 bits per heavy atom. The van der Waals surface area contributed by atoms with Gasteiger partial charge >= 0.3 is 0 Å². The fraction of sp³-hybridized carbons (Fsp3) is 0. The SMILES string of the molecule is Nc1cc(F)ccc1Nc1cc(Cl)ccc1Cl. The number of nitrogen functional groups attached to an aromatic ring is 1. The molecule has 0 saturated carbocycles. The van der Waals surface area contributed by atoms with Gasteiger partial charge in [0, 0.05) is 5.02 Å². The molecule has 0 aliphatic carbocycles. The Morgan fingerprint density at radius 1 is 1.00 bits per heavy atom. The first-order valence-electron chi connectivity index (χ1n) is 4.83. The number of nitrogens with two attached hydrogens (primary N) is 1. The van der Waals surface area contributed by atoms with Crippen molar-refractivity contribution >= 4 is 40.3 Å². The maximum absolute atomic E-state index is 12.9. The van der Waals surface area contributed by atoms with Gasteiger partial charge in [-0.3, -0.25) is 0 Å². The van der Waals surface area contributed by atoms with Crippen LogP contribution in [-0.2, 0) is 0 Å². The molecule has 0 spiro atoms. The maximum atomic E-state index is 12.9. The molecule has 0 amide bonds. The van der Waals surface area contributed by atoms with Crippen molar-refractivity contribution in [3.8, 4) is 0 Å². The van der Waals surface area contributed by atoms with Crippen LogP contribution in [0.4, 0.5) is 21.5 Å². The monoisotopic (exact) mass is 270 g/mol. The standard InChI is InChI=1S/C12H9Cl2FN2/c13-7-1-3-9(14)12(5-7)17-11-4-2-8(15)6-10(11)16/h1-6,17H,16H2. The highest BCUT2D eigenvalue weighted by atomic mass is 35.5. The zero-order valence-electron chi connectivity index (χ0n) is 8.68. The number of hydrogen-bond donors (Lipinski definition) is 2. The Balaban J connectivity index is 2.34. The van der Waals surface area contributed by atoms with Crippen LogP contribution in [0.3, 0.4) is 0 Å². The van der Waals surface area contributed by atoms with Crippen LogP contribution in [0.5, 0.6) is 0 Å². The van der Waals surface area contributed by atoms with Crippen LogP contribution in [0.25, 0.3) is 0 Å². The van der Waals surface area contributed by atoms with Crippen molar-refractivity contribution in [2.24, 2.45) is 0 Å². The first kappa shape index (κ1) is 12.0. The number of anilines is 3. The summed E-state index contributed by atoms with van der Waals surface area (Å²) in [5.74, 6) is -0.384. The lowest BCUT2D eigenvalue weighted by atomic mass is 10.2. The molecule has 2 aromatic rings. The third kappa shape index (κ3) is 2.81. The Bertz CT molecular complexity index is 558. The predicted octanol–water partition coefficient (Wildman–Crippen LogP) is 4.46. The molecule has 0 radical (unpaired) electrons. The molecule has 0 unspecified atom stereocenters. The summed E-state index contributed by atoms with van der Waals surface area (Å²) in [6.07, 6.45) is 0. The molecule has 2 rings (SSSR count). The normalized spacial score (nSPS) is 10.3. The quantitative estimate of drug-likeness (QED) is 0.791. The van der Waals surface area contributed by atoms with Gasteiger partial charge in [0.1, 0.15) is 5.82 Å². The Hall–Kier alpha value is -1.45. The number of benzene rings is 2. The van der Waals surface area contributed by atoms with Crippen molar-refractivity contribution in [2.45, 2.75) is 0 Å². The first-order chi connectivity index (χ1) is 8.06. The van der Waals surface area contributed by atoms with E-state index >= 15 is 0 Å². The Kier molecular flexibility index (Phi) is 3.41. The fourth-order valence-electron chi connectivity index (χ4n) is 1.39. The zero-order valence-corrected chi connectivity index (χ0v) is 10.2. The summed E-state index contributed by atoms with van der Waals surface area (Å²) in [6.45, 7) is 0. The van der Waals surface area contributed by atoms with Gasteiger partial charge in [-0.05, 0) is 36.4 Å². The predicted molar refractivity (Wildman–Crippen MR) is 70.6 cm³/mol. The third-order valence-electron chi connectivity index (χ3n) is 2.21. The minimum Gasteiger partial charge on any atom is -0.397 e. The van der Waals surface area contributed by atoms with E-state index in [2.05, 4.69) is 5.32 Å². The highest BCUT2D eigenvalue weighted by Crippen LogP contribution is 2.30. The number of halogens is 3. The Labute approximate surface area is 108 Å². The van der Waals surface area contributed by atoms with Gasteiger partial charge in [0.15, 0.2) is 0 Å². The average molecular weight is 271 g/mol. The average Bonchev–Trinajstić information content (AvgIpc) is 2.27. The molecule has 0 bridgehead atoms. The van der Waals surface area contributed by atoms with Gasteiger partial charge in [-0.25, -0.2) is 4.39 Å². The lowest BCUT2D eigenvalue weighted by Crippen LogP contribution is -1.97. The van der Waals surface area contributed by atoms with Gasteiger partial charge in [-0.1, -0.05) is 23.2 Å². The smallest absolute Gasteiger partial charge is 0.125 e. The molecule has 5 heteroatoms. The summed E-state index contributed by atoms with van der Waals surface area (Å²) in [5, 5.41) is 4.07. The van der Waals surface area contributed by atoms with E-state index in [-0.39, 0.29) is 5.82 Å². The largest absolute Gasteiger partial charge is 0.397 e. The van der Waals surface area contributed by atoms with Crippen LogP contribution in [-0.4, -0.2) is 0 Å². The zero-order chi connectivity index (χ0) is 12.4. The molecule has 0 aromatic heterocycles. The summed E-state index contributed by atoms with van der Waals surface area (Å²) in [4.78, 5) is 0. The molecule has 0 aliphatic rings. The van der Waals surface area contributed by atoms with E-state index in [0.29, 0.717) is 27.1 Å². The van der Waals surface area contributed by atoms with E-state index in [9.17, 15) is 4.39 Å². The van der Waals surface area contributed by atoms with Crippen molar-refractivity contribution in [3.05, 3.63) is 52.3 Å². The second-order valence-electron chi connectivity index (χ2n) is 3.48. The van der Waals surface area contributed by atoms with Gasteiger partial charge in [-0.15, -0.1) is 0 Å². The summed E-state index contributed by atoms with van der Waals surface area (Å²) in [5.41, 5.74) is 7.19. The van der Waals surface area contributed by atoms with Crippen LogP contribution in [0.2, 0.25) is 10.0 Å². The van der Waals surface area contributed by atoms with E-state index < -0.39 is 0 Å². The van der Waals surface area contributed by atoms with Crippen molar-refractivity contribution < 1.29 is 4.39 Å². The molecule has 17 heavy (non-hydrogen) atoms. The lowest BCUT2D eigenvalue weighted by molar-refractivity contribution is 0.628. The van der Waals surface area contributed by atoms with Crippen molar-refractivity contribution in [3.63, 3.8) is 0 Å². The molecule has 0 saturated heterocycles.